The molecule has 0 saturated carbocycles. The molecule has 0 unspecified atom stereocenters. The van der Waals surface area contributed by atoms with Crippen molar-refractivity contribution in [2.75, 3.05) is 13.7 Å². The molecule has 4 nitrogen and oxygen atoms in total. The van der Waals surface area contributed by atoms with E-state index in [2.05, 4.69) is 9.97 Å². The molecule has 78 valence electrons. The molecule has 0 aliphatic rings. The Kier molecular flexibility index (Phi) is 3.83. The molecule has 0 aromatic carbocycles. The Hall–Kier alpha value is -1.16. The highest BCUT2D eigenvalue weighted by Crippen LogP contribution is 2.00. The second-order valence-corrected chi connectivity index (χ2v) is 3.17. The molecule has 1 aromatic rings. The molecule has 0 aliphatic heterocycles. The third-order valence-electron chi connectivity index (χ3n) is 2.17. The molecule has 0 radical (unpaired) electrons. The summed E-state index contributed by atoms with van der Waals surface area (Å²) in [6.45, 7) is 4.40. The van der Waals surface area contributed by atoms with Gasteiger partial charge >= 0.3 is 0 Å². The third kappa shape index (κ3) is 2.42. The Balaban J connectivity index is 2.96. The lowest BCUT2D eigenvalue weighted by molar-refractivity contribution is 0.200. The zero-order chi connectivity index (χ0) is 10.6. The summed E-state index contributed by atoms with van der Waals surface area (Å²) >= 11 is 0. The van der Waals surface area contributed by atoms with Gasteiger partial charge in [-0.3, -0.25) is 4.79 Å². The molecule has 1 aromatic heterocycles. The number of aryl methyl sites for hydroxylation is 1. The van der Waals surface area contributed by atoms with Crippen molar-refractivity contribution in [2.24, 2.45) is 0 Å². The van der Waals surface area contributed by atoms with Gasteiger partial charge in [0.1, 0.15) is 5.82 Å². The van der Waals surface area contributed by atoms with Crippen molar-refractivity contribution in [3.63, 3.8) is 0 Å². The van der Waals surface area contributed by atoms with Gasteiger partial charge in [-0.1, -0.05) is 6.92 Å². The summed E-state index contributed by atoms with van der Waals surface area (Å²) in [5.74, 6) is 0.701. The second-order valence-electron chi connectivity index (χ2n) is 3.17. The number of methoxy groups -OCH3 is 1. The predicted octanol–water partition coefficient (Wildman–Crippen LogP) is 0.830. The van der Waals surface area contributed by atoms with E-state index in [1.165, 1.54) is 0 Å². The molecule has 0 atom stereocenters. The van der Waals surface area contributed by atoms with Crippen molar-refractivity contribution in [3.05, 3.63) is 27.4 Å². The summed E-state index contributed by atoms with van der Waals surface area (Å²) in [5, 5.41) is 0. The van der Waals surface area contributed by atoms with Gasteiger partial charge in [-0.15, -0.1) is 0 Å². The largest absolute Gasteiger partial charge is 0.384 e. The molecule has 0 bridgehead atoms. The maximum atomic E-state index is 11.5. The lowest BCUT2D eigenvalue weighted by Gasteiger charge is -2.04. The van der Waals surface area contributed by atoms with Crippen molar-refractivity contribution in [2.45, 2.75) is 26.7 Å². The van der Waals surface area contributed by atoms with Gasteiger partial charge in [0, 0.05) is 24.8 Å². The Labute approximate surface area is 83.3 Å². The van der Waals surface area contributed by atoms with Crippen molar-refractivity contribution < 1.29 is 4.74 Å². The first-order valence-corrected chi connectivity index (χ1v) is 4.76. The third-order valence-corrected chi connectivity index (χ3v) is 2.17. The fourth-order valence-electron chi connectivity index (χ4n) is 1.40. The van der Waals surface area contributed by atoms with Crippen LogP contribution in [0.2, 0.25) is 0 Å². The number of ether oxygens (including phenoxy) is 1. The zero-order valence-electron chi connectivity index (χ0n) is 8.89. The van der Waals surface area contributed by atoms with Gasteiger partial charge in [-0.25, -0.2) is 4.98 Å². The highest BCUT2D eigenvalue weighted by Gasteiger charge is 2.05. The number of rotatable bonds is 4. The lowest BCUT2D eigenvalue weighted by atomic mass is 10.2. The molecule has 1 N–H and O–H groups in total. The van der Waals surface area contributed by atoms with E-state index >= 15 is 0 Å². The first-order chi connectivity index (χ1) is 6.69. The first kappa shape index (κ1) is 10.9. The van der Waals surface area contributed by atoms with Crippen molar-refractivity contribution in [3.8, 4) is 0 Å². The predicted molar refractivity (Wildman–Crippen MR) is 54.6 cm³/mol. The molecule has 1 rings (SSSR count). The number of hydrogen-bond acceptors (Lipinski definition) is 3. The van der Waals surface area contributed by atoms with E-state index in [0.29, 0.717) is 18.9 Å². The number of hydrogen-bond donors (Lipinski definition) is 1. The summed E-state index contributed by atoms with van der Waals surface area (Å²) in [4.78, 5) is 18.6. The first-order valence-electron chi connectivity index (χ1n) is 4.76. The molecule has 0 fully saturated rings. The Morgan fingerprint density at radius 3 is 2.71 bits per heavy atom. The zero-order valence-corrected chi connectivity index (χ0v) is 8.89. The second kappa shape index (κ2) is 4.91. The van der Waals surface area contributed by atoms with Crippen LogP contribution in [-0.2, 0) is 17.6 Å². The Morgan fingerprint density at radius 1 is 1.50 bits per heavy atom. The Bertz CT molecular complexity index is 358. The number of aromatic nitrogens is 2. The number of H-pyrrole nitrogens is 1. The van der Waals surface area contributed by atoms with Crippen LogP contribution in [0, 0.1) is 6.92 Å². The highest BCUT2D eigenvalue weighted by atomic mass is 16.5. The summed E-state index contributed by atoms with van der Waals surface area (Å²) in [6, 6.07) is 0. The lowest BCUT2D eigenvalue weighted by Crippen LogP contribution is -2.19. The van der Waals surface area contributed by atoms with Gasteiger partial charge in [0.25, 0.3) is 5.56 Å². The van der Waals surface area contributed by atoms with Crippen LogP contribution in [0.5, 0.6) is 0 Å². The van der Waals surface area contributed by atoms with Crippen LogP contribution in [0.1, 0.15) is 24.0 Å². The van der Waals surface area contributed by atoms with Crippen LogP contribution in [0.25, 0.3) is 0 Å². The van der Waals surface area contributed by atoms with E-state index in [1.54, 1.807) is 7.11 Å². The fourth-order valence-corrected chi connectivity index (χ4v) is 1.40. The maximum absolute atomic E-state index is 11.5. The number of aromatic amines is 1. The minimum absolute atomic E-state index is 0.0221. The van der Waals surface area contributed by atoms with Gasteiger partial charge in [0.2, 0.25) is 0 Å². The van der Waals surface area contributed by atoms with E-state index in [9.17, 15) is 4.79 Å². The molecule has 0 spiro atoms. The molecule has 4 heteroatoms. The average molecular weight is 196 g/mol. The summed E-state index contributed by atoms with van der Waals surface area (Å²) in [6.07, 6.45) is 1.37. The summed E-state index contributed by atoms with van der Waals surface area (Å²) in [5.41, 5.74) is 1.57. The number of nitrogens with zero attached hydrogens (tertiary/aromatic N) is 1. The quantitative estimate of drug-likeness (QED) is 0.776. The molecular formula is C10H16N2O2. The topological polar surface area (TPSA) is 55.0 Å². The Morgan fingerprint density at radius 2 is 2.21 bits per heavy atom. The van der Waals surface area contributed by atoms with Crippen LogP contribution in [0.4, 0.5) is 0 Å². The monoisotopic (exact) mass is 196 g/mol. The molecule has 0 aliphatic carbocycles. The van der Waals surface area contributed by atoms with Gasteiger partial charge in [0.05, 0.1) is 6.61 Å². The average Bonchev–Trinajstić information content (AvgIpc) is 2.14. The van der Waals surface area contributed by atoms with Gasteiger partial charge < -0.3 is 9.72 Å². The van der Waals surface area contributed by atoms with Gasteiger partial charge in [-0.2, -0.15) is 0 Å². The van der Waals surface area contributed by atoms with Crippen LogP contribution >= 0.6 is 0 Å². The van der Waals surface area contributed by atoms with Gasteiger partial charge in [0.15, 0.2) is 0 Å². The van der Waals surface area contributed by atoms with E-state index < -0.39 is 0 Å². The van der Waals surface area contributed by atoms with Gasteiger partial charge in [-0.05, 0) is 13.3 Å². The smallest absolute Gasteiger partial charge is 0.254 e. The molecular weight excluding hydrogens is 180 g/mol. The van der Waals surface area contributed by atoms with E-state index in [1.807, 2.05) is 13.8 Å². The highest BCUT2D eigenvalue weighted by molar-refractivity contribution is 5.16. The molecule has 0 amide bonds. The SMILES string of the molecule is CCc1c(C)nc(CCOC)[nH]c1=O. The van der Waals surface area contributed by atoms with Crippen molar-refractivity contribution >= 4 is 0 Å². The molecule has 1 heterocycles. The molecule has 14 heavy (non-hydrogen) atoms. The summed E-state index contributed by atoms with van der Waals surface area (Å²) < 4.78 is 4.92. The maximum Gasteiger partial charge on any atom is 0.254 e. The van der Waals surface area contributed by atoms with E-state index in [0.717, 1.165) is 17.7 Å². The minimum Gasteiger partial charge on any atom is -0.384 e. The number of nitrogens with one attached hydrogen (secondary N) is 1. The summed E-state index contributed by atoms with van der Waals surface area (Å²) in [7, 11) is 1.63. The standard InChI is InChI=1S/C10H16N2O2/c1-4-8-7(2)11-9(5-6-14-3)12-10(8)13/h4-6H2,1-3H3,(H,11,12,13). The normalized spacial score (nSPS) is 10.5. The van der Waals surface area contributed by atoms with E-state index in [-0.39, 0.29) is 5.56 Å². The van der Waals surface area contributed by atoms with Crippen LogP contribution in [0.15, 0.2) is 4.79 Å². The van der Waals surface area contributed by atoms with Crippen LogP contribution in [0.3, 0.4) is 0 Å². The molecule has 0 saturated heterocycles. The van der Waals surface area contributed by atoms with Crippen molar-refractivity contribution in [1.29, 1.82) is 0 Å². The van der Waals surface area contributed by atoms with E-state index in [4.69, 9.17) is 4.74 Å². The fraction of sp³-hybridized carbons (Fsp3) is 0.600. The van der Waals surface area contributed by atoms with Crippen LogP contribution in [-0.4, -0.2) is 23.7 Å². The minimum atomic E-state index is -0.0221. The van der Waals surface area contributed by atoms with Crippen molar-refractivity contribution in [1.82, 2.24) is 9.97 Å². The van der Waals surface area contributed by atoms with Crippen LogP contribution < -0.4 is 5.56 Å².